The largest absolute Gasteiger partial charge is 0.478 e. The Kier molecular flexibility index (Phi) is 3.25. The van der Waals surface area contributed by atoms with Gasteiger partial charge < -0.3 is 14.9 Å². The maximum absolute atomic E-state index is 11.7. The van der Waals surface area contributed by atoms with Crippen molar-refractivity contribution in [2.45, 2.75) is 18.4 Å². The van der Waals surface area contributed by atoms with Crippen LogP contribution in [0.5, 0.6) is 0 Å². The molecule has 0 spiro atoms. The number of benzene rings is 2. The number of aromatic carboxylic acids is 1. The molecule has 0 amide bonds. The zero-order valence-electron chi connectivity index (χ0n) is 12.7. The molecule has 4 heteroatoms. The summed E-state index contributed by atoms with van der Waals surface area (Å²) in [5, 5.41) is 21.0. The molecule has 4 rings (SSSR count). The topological polar surface area (TPSA) is 66.8 Å². The van der Waals surface area contributed by atoms with Crippen molar-refractivity contribution in [3.63, 3.8) is 0 Å². The van der Waals surface area contributed by atoms with Gasteiger partial charge in [0, 0.05) is 19.1 Å². The van der Waals surface area contributed by atoms with Gasteiger partial charge in [0.1, 0.15) is 5.60 Å². The van der Waals surface area contributed by atoms with Crippen molar-refractivity contribution in [3.8, 4) is 11.1 Å². The monoisotopic (exact) mass is 310 g/mol. The minimum atomic E-state index is -1.14. The molecular formula is C19H18O4. The van der Waals surface area contributed by atoms with Crippen molar-refractivity contribution in [2.75, 3.05) is 13.2 Å². The van der Waals surface area contributed by atoms with E-state index in [0.29, 0.717) is 18.8 Å². The molecule has 1 aliphatic heterocycles. The van der Waals surface area contributed by atoms with Crippen molar-refractivity contribution in [1.29, 1.82) is 0 Å². The zero-order chi connectivity index (χ0) is 16.0. The predicted molar refractivity (Wildman–Crippen MR) is 85.4 cm³/mol. The molecule has 2 aliphatic rings. The lowest BCUT2D eigenvalue weighted by Gasteiger charge is -2.37. The summed E-state index contributed by atoms with van der Waals surface area (Å²) in [6.45, 7) is 1.26. The molecule has 1 unspecified atom stereocenters. The van der Waals surface area contributed by atoms with Crippen molar-refractivity contribution < 1.29 is 19.7 Å². The van der Waals surface area contributed by atoms with Crippen LogP contribution in [-0.4, -0.2) is 29.4 Å². The van der Waals surface area contributed by atoms with Gasteiger partial charge in [-0.15, -0.1) is 0 Å². The van der Waals surface area contributed by atoms with Gasteiger partial charge in [-0.3, -0.25) is 0 Å². The summed E-state index contributed by atoms with van der Waals surface area (Å²) in [4.78, 5) is 11.4. The van der Waals surface area contributed by atoms with Gasteiger partial charge in [-0.05, 0) is 47.2 Å². The van der Waals surface area contributed by atoms with Crippen molar-refractivity contribution in [1.82, 2.24) is 0 Å². The SMILES string of the molecule is O=C(O)c1ccc2c(c1)C(O)(C1CCOCC1)c1ccccc1-2. The Balaban J connectivity index is 1.95. The standard InChI is InChI=1S/C19H18O4/c20-18(21)12-5-6-15-14-3-1-2-4-16(14)19(22,17(15)11-12)13-7-9-23-10-8-13/h1-6,11,13,22H,7-10H2,(H,20,21). The Morgan fingerprint density at radius 1 is 1.04 bits per heavy atom. The van der Waals surface area contributed by atoms with E-state index < -0.39 is 11.6 Å². The van der Waals surface area contributed by atoms with Crippen molar-refractivity contribution >= 4 is 5.97 Å². The number of carboxylic acids is 1. The highest BCUT2D eigenvalue weighted by Crippen LogP contribution is 2.53. The smallest absolute Gasteiger partial charge is 0.335 e. The number of hydrogen-bond donors (Lipinski definition) is 2. The van der Waals surface area contributed by atoms with Crippen LogP contribution in [0, 0.1) is 5.92 Å². The lowest BCUT2D eigenvalue weighted by Crippen LogP contribution is -2.38. The molecule has 0 aromatic heterocycles. The molecular weight excluding hydrogens is 292 g/mol. The van der Waals surface area contributed by atoms with Crippen LogP contribution in [0.1, 0.15) is 34.3 Å². The normalized spacial score (nSPS) is 23.3. The summed E-state index contributed by atoms with van der Waals surface area (Å²) in [7, 11) is 0. The Bertz CT molecular complexity index is 777. The highest BCUT2D eigenvalue weighted by atomic mass is 16.5. The first-order chi connectivity index (χ1) is 11.1. The van der Waals surface area contributed by atoms with E-state index in [1.807, 2.05) is 30.3 Å². The van der Waals surface area contributed by atoms with Crippen LogP contribution in [0.25, 0.3) is 11.1 Å². The van der Waals surface area contributed by atoms with Gasteiger partial charge in [0.2, 0.25) is 0 Å². The van der Waals surface area contributed by atoms with Crippen LogP contribution in [0.2, 0.25) is 0 Å². The molecule has 1 saturated heterocycles. The molecule has 2 aromatic carbocycles. The summed E-state index contributed by atoms with van der Waals surface area (Å²) in [5.74, 6) is -0.944. The van der Waals surface area contributed by atoms with Crippen LogP contribution in [0.4, 0.5) is 0 Å². The maximum Gasteiger partial charge on any atom is 0.335 e. The van der Waals surface area contributed by atoms with E-state index >= 15 is 0 Å². The van der Waals surface area contributed by atoms with E-state index in [2.05, 4.69) is 0 Å². The van der Waals surface area contributed by atoms with Crippen molar-refractivity contribution in [3.05, 3.63) is 59.2 Å². The molecule has 1 heterocycles. The van der Waals surface area contributed by atoms with Gasteiger partial charge in [-0.25, -0.2) is 4.79 Å². The number of hydrogen-bond acceptors (Lipinski definition) is 3. The summed E-state index contributed by atoms with van der Waals surface area (Å²) in [6.07, 6.45) is 1.53. The third-order valence-electron chi connectivity index (χ3n) is 5.12. The van der Waals surface area contributed by atoms with Crippen LogP contribution >= 0.6 is 0 Å². The van der Waals surface area contributed by atoms with Crippen LogP contribution in [-0.2, 0) is 10.3 Å². The predicted octanol–water partition coefficient (Wildman–Crippen LogP) is 3.03. The van der Waals surface area contributed by atoms with Crippen molar-refractivity contribution in [2.24, 2.45) is 5.92 Å². The van der Waals surface area contributed by atoms with Gasteiger partial charge in [-0.1, -0.05) is 30.3 Å². The van der Waals surface area contributed by atoms with Gasteiger partial charge in [0.15, 0.2) is 0 Å². The Morgan fingerprint density at radius 3 is 2.48 bits per heavy atom. The molecule has 1 atom stereocenters. The van der Waals surface area contributed by atoms with E-state index in [1.54, 1.807) is 12.1 Å². The molecule has 2 aromatic rings. The lowest BCUT2D eigenvalue weighted by atomic mass is 9.75. The molecule has 2 N–H and O–H groups in total. The fourth-order valence-electron chi connectivity index (χ4n) is 3.98. The molecule has 4 nitrogen and oxygen atoms in total. The summed E-state index contributed by atoms with van der Waals surface area (Å²) in [5.41, 5.74) is 2.59. The Hall–Kier alpha value is -2.17. The molecule has 0 radical (unpaired) electrons. The van der Waals surface area contributed by atoms with Crippen LogP contribution < -0.4 is 0 Å². The molecule has 1 fully saturated rings. The van der Waals surface area contributed by atoms with E-state index in [1.165, 1.54) is 0 Å². The third-order valence-corrected chi connectivity index (χ3v) is 5.12. The van der Waals surface area contributed by atoms with E-state index in [9.17, 15) is 15.0 Å². The number of fused-ring (bicyclic) bond motifs is 3. The van der Waals surface area contributed by atoms with Gasteiger partial charge in [-0.2, -0.15) is 0 Å². The highest BCUT2D eigenvalue weighted by molar-refractivity contribution is 5.91. The molecule has 23 heavy (non-hydrogen) atoms. The van der Waals surface area contributed by atoms with Gasteiger partial charge in [0.25, 0.3) is 0 Å². The van der Waals surface area contributed by atoms with Gasteiger partial charge >= 0.3 is 5.97 Å². The summed E-state index contributed by atoms with van der Waals surface area (Å²) >= 11 is 0. The van der Waals surface area contributed by atoms with E-state index in [-0.39, 0.29) is 11.5 Å². The first-order valence-electron chi connectivity index (χ1n) is 7.90. The fourth-order valence-corrected chi connectivity index (χ4v) is 3.98. The lowest BCUT2D eigenvalue weighted by molar-refractivity contribution is -0.0405. The Morgan fingerprint density at radius 2 is 1.74 bits per heavy atom. The van der Waals surface area contributed by atoms with Gasteiger partial charge in [0.05, 0.1) is 5.56 Å². The van der Waals surface area contributed by atoms with E-state index in [0.717, 1.165) is 29.5 Å². The average molecular weight is 310 g/mol. The fraction of sp³-hybridized carbons (Fsp3) is 0.316. The minimum Gasteiger partial charge on any atom is -0.478 e. The molecule has 0 saturated carbocycles. The second-order valence-electron chi connectivity index (χ2n) is 6.26. The maximum atomic E-state index is 11.7. The summed E-state index contributed by atoms with van der Waals surface area (Å²) < 4.78 is 5.44. The van der Waals surface area contributed by atoms with Crippen LogP contribution in [0.3, 0.4) is 0 Å². The molecule has 118 valence electrons. The zero-order valence-corrected chi connectivity index (χ0v) is 12.7. The quantitative estimate of drug-likeness (QED) is 0.895. The average Bonchev–Trinajstić information content (AvgIpc) is 2.86. The number of aliphatic hydroxyl groups is 1. The second-order valence-corrected chi connectivity index (χ2v) is 6.26. The van der Waals surface area contributed by atoms with E-state index in [4.69, 9.17) is 4.74 Å². The minimum absolute atomic E-state index is 0.0303. The Labute approximate surface area is 134 Å². The van der Waals surface area contributed by atoms with Crippen LogP contribution in [0.15, 0.2) is 42.5 Å². The third kappa shape index (κ3) is 2.02. The molecule has 0 bridgehead atoms. The first-order valence-corrected chi connectivity index (χ1v) is 7.90. The second kappa shape index (κ2) is 5.18. The first kappa shape index (κ1) is 14.4. The molecule has 1 aliphatic carbocycles. The number of ether oxygens (including phenoxy) is 1. The number of rotatable bonds is 2. The number of carbonyl (C=O) groups is 1. The summed E-state index contributed by atoms with van der Waals surface area (Å²) in [6, 6.07) is 12.9. The highest BCUT2D eigenvalue weighted by Gasteiger charge is 2.47. The number of carboxylic acid groups (broad SMARTS) is 1.